The number of carboxylic acids is 1. The van der Waals surface area contributed by atoms with Crippen molar-refractivity contribution in [1.29, 1.82) is 0 Å². The molecule has 6 heteroatoms. The number of ether oxygens (including phenoxy) is 1. The van der Waals surface area contributed by atoms with Gasteiger partial charge in [0, 0.05) is 6.54 Å². The van der Waals surface area contributed by atoms with Gasteiger partial charge in [-0.3, -0.25) is 9.59 Å². The molecule has 1 amide bonds. The minimum atomic E-state index is -0.886. The van der Waals surface area contributed by atoms with Crippen LogP contribution in [0.4, 0.5) is 0 Å². The topological polar surface area (TPSA) is 78.9 Å². The number of hydrogen-bond acceptors (Lipinski definition) is 4. The maximum absolute atomic E-state index is 12.3. The van der Waals surface area contributed by atoms with Crippen LogP contribution >= 0.6 is 0 Å². The van der Waals surface area contributed by atoms with Gasteiger partial charge in [-0.1, -0.05) is 0 Å². The average Bonchev–Trinajstić information content (AvgIpc) is 3.00. The third-order valence-corrected chi connectivity index (χ3v) is 3.75. The molecule has 6 nitrogen and oxygen atoms in total. The van der Waals surface area contributed by atoms with Crippen molar-refractivity contribution in [2.24, 2.45) is 5.92 Å². The second-order valence-electron chi connectivity index (χ2n) is 4.82. The van der Waals surface area contributed by atoms with Gasteiger partial charge >= 0.3 is 5.97 Å². The molecule has 2 unspecified atom stereocenters. The van der Waals surface area contributed by atoms with Gasteiger partial charge in [0.2, 0.25) is 5.91 Å². The first-order chi connectivity index (χ1) is 8.65. The molecule has 0 aromatic carbocycles. The van der Waals surface area contributed by atoms with E-state index in [-0.39, 0.29) is 24.6 Å². The summed E-state index contributed by atoms with van der Waals surface area (Å²) in [4.78, 5) is 25.2. The summed E-state index contributed by atoms with van der Waals surface area (Å²) in [5.74, 6) is -1.48. The number of aliphatic carboxylic acids is 1. The summed E-state index contributed by atoms with van der Waals surface area (Å²) in [5.41, 5.74) is 0. The molecule has 2 rings (SSSR count). The molecule has 2 saturated heterocycles. The lowest BCUT2D eigenvalue weighted by Crippen LogP contribution is -2.52. The molecule has 2 N–H and O–H groups in total. The molecule has 2 fully saturated rings. The fourth-order valence-electron chi connectivity index (χ4n) is 2.74. The summed E-state index contributed by atoms with van der Waals surface area (Å²) in [5, 5.41) is 12.3. The molecule has 0 aromatic rings. The molecule has 2 aliphatic heterocycles. The minimum absolute atomic E-state index is 0.0109. The average molecular weight is 256 g/mol. The Labute approximate surface area is 106 Å². The molecule has 0 saturated carbocycles. The molecule has 0 spiro atoms. The minimum Gasteiger partial charge on any atom is -0.481 e. The molecule has 3 atom stereocenters. The highest BCUT2D eigenvalue weighted by Gasteiger charge is 2.41. The van der Waals surface area contributed by atoms with E-state index < -0.39 is 11.9 Å². The van der Waals surface area contributed by atoms with Crippen molar-refractivity contribution >= 4 is 11.9 Å². The number of likely N-dealkylation sites (N-methyl/N-ethyl adjacent to an activating group) is 1. The van der Waals surface area contributed by atoms with Crippen molar-refractivity contribution < 1.29 is 19.4 Å². The van der Waals surface area contributed by atoms with Crippen LogP contribution in [-0.4, -0.2) is 60.3 Å². The van der Waals surface area contributed by atoms with Gasteiger partial charge in [-0.05, 0) is 26.3 Å². The first-order valence-electron chi connectivity index (χ1n) is 6.49. The molecule has 0 aliphatic carbocycles. The standard InChI is InChI=1S/C12H20N2O4/c1-2-14(11(15)9-4-3-5-13-9)10-7-18-6-8(10)12(16)17/h8-10,13H,2-7H2,1H3,(H,16,17)/t8?,9-,10?/m1/s1. The largest absolute Gasteiger partial charge is 0.481 e. The quantitative estimate of drug-likeness (QED) is 0.721. The van der Waals surface area contributed by atoms with Gasteiger partial charge in [0.15, 0.2) is 0 Å². The van der Waals surface area contributed by atoms with E-state index in [2.05, 4.69) is 5.32 Å². The highest BCUT2D eigenvalue weighted by molar-refractivity contribution is 5.83. The smallest absolute Gasteiger partial charge is 0.311 e. The van der Waals surface area contributed by atoms with E-state index in [1.165, 1.54) is 0 Å². The Morgan fingerprint density at radius 1 is 1.44 bits per heavy atom. The Balaban J connectivity index is 2.07. The summed E-state index contributed by atoms with van der Waals surface area (Å²) < 4.78 is 5.23. The maximum atomic E-state index is 12.3. The number of hydrogen-bond donors (Lipinski definition) is 2. The predicted molar refractivity (Wildman–Crippen MR) is 64.1 cm³/mol. The van der Waals surface area contributed by atoms with Crippen LogP contribution in [0, 0.1) is 5.92 Å². The zero-order chi connectivity index (χ0) is 13.1. The van der Waals surface area contributed by atoms with Crippen LogP contribution < -0.4 is 5.32 Å². The lowest BCUT2D eigenvalue weighted by Gasteiger charge is -2.31. The van der Waals surface area contributed by atoms with E-state index in [0.717, 1.165) is 19.4 Å². The monoisotopic (exact) mass is 256 g/mol. The van der Waals surface area contributed by atoms with Gasteiger partial charge in [0.1, 0.15) is 5.92 Å². The summed E-state index contributed by atoms with van der Waals surface area (Å²) in [6, 6.07) is -0.484. The lowest BCUT2D eigenvalue weighted by molar-refractivity contribution is -0.145. The second-order valence-corrected chi connectivity index (χ2v) is 4.82. The predicted octanol–water partition coefficient (Wildman–Crippen LogP) is -0.313. The summed E-state index contributed by atoms with van der Waals surface area (Å²) in [7, 11) is 0. The molecule has 0 aromatic heterocycles. The van der Waals surface area contributed by atoms with Gasteiger partial charge < -0.3 is 20.1 Å². The normalized spacial score (nSPS) is 31.5. The molecule has 18 heavy (non-hydrogen) atoms. The number of carbonyl (C=O) groups is 2. The number of amides is 1. The van der Waals surface area contributed by atoms with Crippen LogP contribution in [-0.2, 0) is 14.3 Å². The van der Waals surface area contributed by atoms with E-state index in [9.17, 15) is 9.59 Å². The number of nitrogens with one attached hydrogen (secondary N) is 1. The number of carbonyl (C=O) groups excluding carboxylic acids is 1. The van der Waals surface area contributed by atoms with Gasteiger partial charge in [0.05, 0.1) is 25.3 Å². The van der Waals surface area contributed by atoms with E-state index in [4.69, 9.17) is 9.84 Å². The van der Waals surface area contributed by atoms with Crippen LogP contribution in [0.1, 0.15) is 19.8 Å². The van der Waals surface area contributed by atoms with Gasteiger partial charge in [0.25, 0.3) is 0 Å². The SMILES string of the molecule is CCN(C(=O)[C@H]1CCCN1)C1COCC1C(=O)O. The van der Waals surface area contributed by atoms with Crippen molar-refractivity contribution in [3.05, 3.63) is 0 Å². The Morgan fingerprint density at radius 3 is 2.78 bits per heavy atom. The van der Waals surface area contributed by atoms with Crippen LogP contribution in [0.3, 0.4) is 0 Å². The summed E-state index contributed by atoms with van der Waals surface area (Å²) >= 11 is 0. The molecule has 102 valence electrons. The highest BCUT2D eigenvalue weighted by atomic mass is 16.5. The molecular weight excluding hydrogens is 236 g/mol. The molecule has 2 heterocycles. The van der Waals surface area contributed by atoms with E-state index >= 15 is 0 Å². The molecule has 0 radical (unpaired) electrons. The van der Waals surface area contributed by atoms with Crippen molar-refractivity contribution in [2.45, 2.75) is 31.8 Å². The number of nitrogens with zero attached hydrogens (tertiary/aromatic N) is 1. The Morgan fingerprint density at radius 2 is 2.22 bits per heavy atom. The lowest BCUT2D eigenvalue weighted by atomic mass is 10.0. The Bertz CT molecular complexity index is 328. The van der Waals surface area contributed by atoms with Crippen LogP contribution in [0.5, 0.6) is 0 Å². The van der Waals surface area contributed by atoms with Crippen molar-refractivity contribution in [3.63, 3.8) is 0 Å². The van der Waals surface area contributed by atoms with Gasteiger partial charge in [-0.15, -0.1) is 0 Å². The van der Waals surface area contributed by atoms with Gasteiger partial charge in [-0.2, -0.15) is 0 Å². The van der Waals surface area contributed by atoms with Crippen molar-refractivity contribution in [2.75, 3.05) is 26.3 Å². The maximum Gasteiger partial charge on any atom is 0.311 e. The van der Waals surface area contributed by atoms with E-state index in [1.807, 2.05) is 6.92 Å². The highest BCUT2D eigenvalue weighted by Crippen LogP contribution is 2.22. The summed E-state index contributed by atoms with van der Waals surface area (Å²) in [6.07, 6.45) is 1.83. The van der Waals surface area contributed by atoms with Gasteiger partial charge in [-0.25, -0.2) is 0 Å². The third-order valence-electron chi connectivity index (χ3n) is 3.75. The zero-order valence-corrected chi connectivity index (χ0v) is 10.6. The van der Waals surface area contributed by atoms with Crippen molar-refractivity contribution in [1.82, 2.24) is 10.2 Å². The molecule has 0 bridgehead atoms. The van der Waals surface area contributed by atoms with Crippen LogP contribution in [0.25, 0.3) is 0 Å². The fourth-order valence-corrected chi connectivity index (χ4v) is 2.74. The van der Waals surface area contributed by atoms with E-state index in [1.54, 1.807) is 4.90 Å². The van der Waals surface area contributed by atoms with Crippen LogP contribution in [0.15, 0.2) is 0 Å². The molecule has 2 aliphatic rings. The molecular formula is C12H20N2O4. The van der Waals surface area contributed by atoms with Crippen molar-refractivity contribution in [3.8, 4) is 0 Å². The zero-order valence-electron chi connectivity index (χ0n) is 10.6. The second kappa shape index (κ2) is 5.67. The summed E-state index contributed by atoms with van der Waals surface area (Å²) in [6.45, 7) is 3.78. The fraction of sp³-hybridized carbons (Fsp3) is 0.833. The Hall–Kier alpha value is -1.14. The third kappa shape index (κ3) is 2.49. The first kappa shape index (κ1) is 13.3. The Kier molecular flexibility index (Phi) is 4.19. The first-order valence-corrected chi connectivity index (χ1v) is 6.49. The van der Waals surface area contributed by atoms with Crippen LogP contribution in [0.2, 0.25) is 0 Å². The number of rotatable bonds is 4. The number of carboxylic acid groups (broad SMARTS) is 1. The van der Waals surface area contributed by atoms with E-state index in [0.29, 0.717) is 13.2 Å².